The number of carboxylic acids is 1. The summed E-state index contributed by atoms with van der Waals surface area (Å²) in [4.78, 5) is 11.2. The van der Waals surface area contributed by atoms with Gasteiger partial charge in [-0.05, 0) is 33.3 Å². The van der Waals surface area contributed by atoms with E-state index in [-0.39, 0.29) is 16.2 Å². The van der Waals surface area contributed by atoms with E-state index in [0.717, 1.165) is 17.4 Å². The van der Waals surface area contributed by atoms with Crippen LogP contribution in [0.15, 0.2) is 11.0 Å². The number of hydrogen-bond donors (Lipinski definition) is 3. The summed E-state index contributed by atoms with van der Waals surface area (Å²) in [7, 11) is -3.76. The molecule has 0 saturated heterocycles. The molecule has 0 bridgehead atoms. The molecule has 0 radical (unpaired) electrons. The second-order valence-electron chi connectivity index (χ2n) is 4.44. The van der Waals surface area contributed by atoms with Crippen LogP contribution in [0.3, 0.4) is 0 Å². The molecule has 0 aliphatic heterocycles. The van der Waals surface area contributed by atoms with Gasteiger partial charge in [0.2, 0.25) is 10.0 Å². The van der Waals surface area contributed by atoms with E-state index in [2.05, 4.69) is 4.72 Å². The molecule has 0 aromatic carbocycles. The predicted molar refractivity (Wildman–Crippen MR) is 72.1 cm³/mol. The van der Waals surface area contributed by atoms with Gasteiger partial charge in [-0.1, -0.05) is 0 Å². The zero-order valence-corrected chi connectivity index (χ0v) is 12.5. The lowest BCUT2D eigenvalue weighted by molar-refractivity contribution is 0.0702. The fourth-order valence-corrected chi connectivity index (χ4v) is 4.41. The normalized spacial score (nSPS) is 15.2. The quantitative estimate of drug-likeness (QED) is 0.732. The van der Waals surface area contributed by atoms with Crippen LogP contribution in [0.4, 0.5) is 0 Å². The first-order chi connectivity index (χ1) is 8.63. The zero-order chi connectivity index (χ0) is 14.8. The molecule has 3 N–H and O–H groups in total. The second-order valence-corrected chi connectivity index (χ2v) is 7.38. The maximum Gasteiger partial charge on any atom is 0.345 e. The average molecular weight is 307 g/mol. The van der Waals surface area contributed by atoms with Gasteiger partial charge < -0.3 is 10.2 Å². The Kier molecular flexibility index (Phi) is 5.08. The average Bonchev–Trinajstić information content (AvgIpc) is 2.58. The van der Waals surface area contributed by atoms with E-state index in [9.17, 15) is 18.3 Å². The van der Waals surface area contributed by atoms with E-state index in [1.807, 2.05) is 0 Å². The summed E-state index contributed by atoms with van der Waals surface area (Å²) in [5.74, 6) is -1.15. The van der Waals surface area contributed by atoms with Gasteiger partial charge >= 0.3 is 5.97 Å². The van der Waals surface area contributed by atoms with Crippen molar-refractivity contribution < 1.29 is 23.4 Å². The molecule has 1 rings (SSSR count). The van der Waals surface area contributed by atoms with Gasteiger partial charge in [0.1, 0.15) is 4.88 Å². The number of aromatic carboxylic acids is 1. The minimum Gasteiger partial charge on any atom is -0.477 e. The summed E-state index contributed by atoms with van der Waals surface area (Å²) in [5, 5.41) is 18.1. The highest BCUT2D eigenvalue weighted by Gasteiger charge is 2.24. The van der Waals surface area contributed by atoms with Gasteiger partial charge in [-0.2, -0.15) is 0 Å². The zero-order valence-electron chi connectivity index (χ0n) is 10.9. The molecule has 1 heterocycles. The number of hydrogen-bond acceptors (Lipinski definition) is 5. The Morgan fingerprint density at radius 3 is 2.47 bits per heavy atom. The van der Waals surface area contributed by atoms with Crippen LogP contribution in [-0.2, 0) is 10.0 Å². The highest BCUT2D eigenvalue weighted by molar-refractivity contribution is 7.89. The fourth-order valence-electron chi connectivity index (χ4n) is 1.73. The standard InChI is InChI=1S/C11H17NO5S2/c1-6(4-7(2)13)12-19(16,17)10-5-9(11(14)15)18-8(10)3/h5-7,12-13H,4H2,1-3H3,(H,14,15). The van der Waals surface area contributed by atoms with E-state index >= 15 is 0 Å². The molecule has 0 fully saturated rings. The third kappa shape index (κ3) is 4.27. The van der Waals surface area contributed by atoms with Crippen LogP contribution in [0.2, 0.25) is 0 Å². The predicted octanol–water partition coefficient (Wildman–Crippen LogP) is 1.19. The maximum atomic E-state index is 12.1. The summed E-state index contributed by atoms with van der Waals surface area (Å²) in [6.45, 7) is 4.78. The van der Waals surface area contributed by atoms with Gasteiger partial charge in [0.05, 0.1) is 11.0 Å². The van der Waals surface area contributed by atoms with Crippen LogP contribution in [0.25, 0.3) is 0 Å². The number of carboxylic acid groups (broad SMARTS) is 1. The second kappa shape index (κ2) is 6.00. The Morgan fingerprint density at radius 1 is 1.47 bits per heavy atom. The number of carbonyl (C=O) groups is 1. The van der Waals surface area contributed by atoms with E-state index in [1.54, 1.807) is 20.8 Å². The minimum atomic E-state index is -3.76. The third-order valence-corrected chi connectivity index (χ3v) is 5.31. The number of thiophene rings is 1. The summed E-state index contributed by atoms with van der Waals surface area (Å²) in [6, 6.07) is 0.720. The van der Waals surface area contributed by atoms with Crippen molar-refractivity contribution in [3.63, 3.8) is 0 Å². The monoisotopic (exact) mass is 307 g/mol. The van der Waals surface area contributed by atoms with E-state index < -0.39 is 28.1 Å². The van der Waals surface area contributed by atoms with Crippen LogP contribution < -0.4 is 4.72 Å². The first-order valence-corrected chi connectivity index (χ1v) is 7.97. The van der Waals surface area contributed by atoms with Crippen molar-refractivity contribution in [1.82, 2.24) is 4.72 Å². The summed E-state index contributed by atoms with van der Waals surface area (Å²) >= 11 is 0.922. The summed E-state index contributed by atoms with van der Waals surface area (Å²) in [5.41, 5.74) is 0. The van der Waals surface area contributed by atoms with E-state index in [4.69, 9.17) is 5.11 Å². The molecule has 1 aromatic rings. The lowest BCUT2D eigenvalue weighted by atomic mass is 10.2. The van der Waals surface area contributed by atoms with Crippen molar-refractivity contribution in [3.8, 4) is 0 Å². The molecule has 108 valence electrons. The van der Waals surface area contributed by atoms with Crippen LogP contribution in [0.1, 0.15) is 34.8 Å². The number of aryl methyl sites for hydroxylation is 1. The number of aliphatic hydroxyl groups is 1. The Hall–Kier alpha value is -0.960. The summed E-state index contributed by atoms with van der Waals surface area (Å²) < 4.78 is 26.6. The Morgan fingerprint density at radius 2 is 2.05 bits per heavy atom. The molecule has 0 amide bonds. The number of nitrogens with one attached hydrogen (secondary N) is 1. The lowest BCUT2D eigenvalue weighted by Gasteiger charge is -2.15. The third-order valence-electron chi connectivity index (χ3n) is 2.42. The van der Waals surface area contributed by atoms with Crippen molar-refractivity contribution in [3.05, 3.63) is 15.8 Å². The fraction of sp³-hybridized carbons (Fsp3) is 0.545. The molecule has 0 aliphatic rings. The lowest BCUT2D eigenvalue weighted by Crippen LogP contribution is -2.34. The smallest absolute Gasteiger partial charge is 0.345 e. The Bertz CT molecular complexity index is 562. The van der Waals surface area contributed by atoms with Crippen molar-refractivity contribution in [2.75, 3.05) is 0 Å². The molecule has 6 nitrogen and oxygen atoms in total. The molecule has 2 unspecified atom stereocenters. The van der Waals surface area contributed by atoms with E-state index in [1.165, 1.54) is 0 Å². The van der Waals surface area contributed by atoms with Gasteiger partial charge in [-0.15, -0.1) is 11.3 Å². The molecule has 8 heteroatoms. The van der Waals surface area contributed by atoms with Crippen molar-refractivity contribution in [1.29, 1.82) is 0 Å². The first-order valence-electron chi connectivity index (χ1n) is 5.67. The largest absolute Gasteiger partial charge is 0.477 e. The van der Waals surface area contributed by atoms with Crippen LogP contribution in [0.5, 0.6) is 0 Å². The minimum absolute atomic E-state index is 0.0129. The maximum absolute atomic E-state index is 12.1. The number of sulfonamides is 1. The van der Waals surface area contributed by atoms with Gasteiger partial charge in [-0.25, -0.2) is 17.9 Å². The molecule has 19 heavy (non-hydrogen) atoms. The highest BCUT2D eigenvalue weighted by atomic mass is 32.2. The SMILES string of the molecule is Cc1sc(C(=O)O)cc1S(=O)(=O)NC(C)CC(C)O. The molecule has 0 spiro atoms. The Labute approximate surface area is 116 Å². The molecular formula is C11H17NO5S2. The highest BCUT2D eigenvalue weighted by Crippen LogP contribution is 2.25. The van der Waals surface area contributed by atoms with E-state index in [0.29, 0.717) is 4.88 Å². The molecular weight excluding hydrogens is 290 g/mol. The molecule has 0 aliphatic carbocycles. The van der Waals surface area contributed by atoms with Gasteiger partial charge in [0, 0.05) is 10.9 Å². The van der Waals surface area contributed by atoms with Crippen LogP contribution in [-0.4, -0.2) is 36.7 Å². The van der Waals surface area contributed by atoms with Crippen molar-refractivity contribution in [2.45, 2.75) is 44.2 Å². The van der Waals surface area contributed by atoms with Crippen molar-refractivity contribution >= 4 is 27.3 Å². The summed E-state index contributed by atoms with van der Waals surface area (Å²) in [6.07, 6.45) is -0.329. The van der Waals surface area contributed by atoms with Crippen LogP contribution in [0, 0.1) is 6.92 Å². The molecule has 1 aromatic heterocycles. The van der Waals surface area contributed by atoms with Gasteiger partial charge in [0.15, 0.2) is 0 Å². The van der Waals surface area contributed by atoms with Gasteiger partial charge in [-0.3, -0.25) is 0 Å². The topological polar surface area (TPSA) is 104 Å². The first kappa shape index (κ1) is 16.1. The van der Waals surface area contributed by atoms with Crippen LogP contribution >= 0.6 is 11.3 Å². The van der Waals surface area contributed by atoms with Crippen molar-refractivity contribution in [2.24, 2.45) is 0 Å². The number of rotatable bonds is 6. The molecule has 2 atom stereocenters. The Balaban J connectivity index is 2.97. The van der Waals surface area contributed by atoms with Gasteiger partial charge in [0.25, 0.3) is 0 Å². The molecule has 0 saturated carbocycles. The number of aliphatic hydroxyl groups excluding tert-OH is 1.